The van der Waals surface area contributed by atoms with Gasteiger partial charge in [0.2, 0.25) is 0 Å². The first-order valence-corrected chi connectivity index (χ1v) is 2.68. The Morgan fingerprint density at radius 1 is 1.86 bits per heavy atom. The fourth-order valence-electron chi connectivity index (χ4n) is 0.226. The molecule has 0 saturated carbocycles. The highest BCUT2D eigenvalue weighted by atomic mass is 32.1. The molecule has 0 atom stereocenters. The Morgan fingerprint density at radius 2 is 2.43 bits per heavy atom. The van der Waals surface area contributed by atoms with Crippen LogP contribution in [0.4, 0.5) is 0 Å². The molecule has 0 aromatic carbocycles. The molecule has 0 aromatic heterocycles. The minimum atomic E-state index is 0.586. The summed E-state index contributed by atoms with van der Waals surface area (Å²) in [6.45, 7) is 4.44. The second kappa shape index (κ2) is 3.93. The smallest absolute Gasteiger partial charge is 0.0822 e. The Balaban J connectivity index is 3.17. The molecule has 0 rings (SSSR count). The lowest BCUT2D eigenvalue weighted by molar-refractivity contribution is 0.258. The van der Waals surface area contributed by atoms with E-state index in [0.29, 0.717) is 11.7 Å². The fourth-order valence-corrected chi connectivity index (χ4v) is 0.343. The third-order valence-electron chi connectivity index (χ3n) is 0.522. The van der Waals surface area contributed by atoms with Gasteiger partial charge in [-0.2, -0.15) is 0 Å². The van der Waals surface area contributed by atoms with Crippen LogP contribution in [0.25, 0.3) is 0 Å². The molecule has 42 valence electrons. The van der Waals surface area contributed by atoms with Crippen LogP contribution >= 0.6 is 0 Å². The van der Waals surface area contributed by atoms with E-state index in [-0.39, 0.29) is 0 Å². The molecule has 0 fully saturated rings. The van der Waals surface area contributed by atoms with E-state index in [9.17, 15) is 0 Å². The van der Waals surface area contributed by atoms with Gasteiger partial charge in [-0.15, -0.1) is 0 Å². The summed E-state index contributed by atoms with van der Waals surface area (Å²) >= 11 is 4.68. The molecule has 0 saturated heterocycles. The van der Waals surface area contributed by atoms with E-state index in [1.165, 1.54) is 0 Å². The standard InChI is InChI=1S/C5H10OS/c1-3-5(7)6-4-2/h3,7H,4H2,1-2H3/p-1/b5-3-. The highest BCUT2D eigenvalue weighted by molar-refractivity contribution is 7.63. The molecule has 0 aliphatic carbocycles. The van der Waals surface area contributed by atoms with Crippen molar-refractivity contribution in [3.63, 3.8) is 0 Å². The summed E-state index contributed by atoms with van der Waals surface area (Å²) in [5, 5.41) is 0.586. The van der Waals surface area contributed by atoms with Gasteiger partial charge in [-0.05, 0) is 18.9 Å². The van der Waals surface area contributed by atoms with Crippen LogP contribution in [0.15, 0.2) is 11.2 Å². The molecule has 0 bridgehead atoms. The summed E-state index contributed by atoms with van der Waals surface area (Å²) in [5.74, 6) is 0. The molecule has 1 nitrogen and oxygen atoms in total. The summed E-state index contributed by atoms with van der Waals surface area (Å²) < 4.78 is 4.87. The molecule has 0 spiro atoms. The van der Waals surface area contributed by atoms with Crippen LogP contribution in [-0.2, 0) is 17.4 Å². The lowest BCUT2D eigenvalue weighted by atomic mass is 10.7. The Morgan fingerprint density at radius 3 is 2.57 bits per heavy atom. The summed E-state index contributed by atoms with van der Waals surface area (Å²) in [6, 6.07) is 0. The summed E-state index contributed by atoms with van der Waals surface area (Å²) in [6.07, 6.45) is 1.76. The summed E-state index contributed by atoms with van der Waals surface area (Å²) in [5.41, 5.74) is 0. The van der Waals surface area contributed by atoms with Crippen LogP contribution < -0.4 is 0 Å². The zero-order valence-corrected chi connectivity index (χ0v) is 5.42. The summed E-state index contributed by atoms with van der Waals surface area (Å²) in [4.78, 5) is 0. The van der Waals surface area contributed by atoms with E-state index in [1.807, 2.05) is 13.8 Å². The molecule has 0 heterocycles. The molecule has 0 aliphatic rings. The number of allylic oxidation sites excluding steroid dienone is 1. The van der Waals surface area contributed by atoms with Crippen molar-refractivity contribution in [1.82, 2.24) is 0 Å². The predicted octanol–water partition coefficient (Wildman–Crippen LogP) is 1.43. The Hall–Kier alpha value is -0.240. The van der Waals surface area contributed by atoms with Gasteiger partial charge < -0.3 is 17.4 Å². The number of hydrogen-bond acceptors (Lipinski definition) is 2. The van der Waals surface area contributed by atoms with E-state index in [4.69, 9.17) is 4.74 Å². The van der Waals surface area contributed by atoms with Gasteiger partial charge in [0, 0.05) is 0 Å². The van der Waals surface area contributed by atoms with Crippen LogP contribution in [0, 0.1) is 0 Å². The van der Waals surface area contributed by atoms with Crippen molar-refractivity contribution in [2.75, 3.05) is 6.61 Å². The molecule has 0 N–H and O–H groups in total. The SMILES string of the molecule is C/C=C(\[S-])OCC. The van der Waals surface area contributed by atoms with Crippen LogP contribution in [0.5, 0.6) is 0 Å². The molecule has 0 radical (unpaired) electrons. The first-order chi connectivity index (χ1) is 3.31. The largest absolute Gasteiger partial charge is 0.743 e. The fraction of sp³-hybridized carbons (Fsp3) is 0.600. The van der Waals surface area contributed by atoms with Crippen molar-refractivity contribution >= 4 is 12.6 Å². The average Bonchev–Trinajstić information content (AvgIpc) is 1.68. The first kappa shape index (κ1) is 6.76. The van der Waals surface area contributed by atoms with E-state index < -0.39 is 0 Å². The van der Waals surface area contributed by atoms with Crippen LogP contribution in [-0.4, -0.2) is 6.61 Å². The molecule has 2 heteroatoms. The molecular formula is C5H9OS-. The highest BCUT2D eigenvalue weighted by Gasteiger charge is 1.67. The van der Waals surface area contributed by atoms with Crippen molar-refractivity contribution in [3.05, 3.63) is 11.2 Å². The average molecular weight is 117 g/mol. The lowest BCUT2D eigenvalue weighted by Gasteiger charge is -2.10. The van der Waals surface area contributed by atoms with Crippen LogP contribution in [0.2, 0.25) is 0 Å². The second-order valence-corrected chi connectivity index (χ2v) is 1.44. The molecule has 0 aromatic rings. The van der Waals surface area contributed by atoms with Crippen molar-refractivity contribution in [2.24, 2.45) is 0 Å². The van der Waals surface area contributed by atoms with E-state index >= 15 is 0 Å². The van der Waals surface area contributed by atoms with E-state index in [0.717, 1.165) is 0 Å². The van der Waals surface area contributed by atoms with Gasteiger partial charge in [0.1, 0.15) is 0 Å². The van der Waals surface area contributed by atoms with E-state index in [2.05, 4.69) is 12.6 Å². The summed E-state index contributed by atoms with van der Waals surface area (Å²) in [7, 11) is 0. The topological polar surface area (TPSA) is 9.23 Å². The number of hydrogen-bond donors (Lipinski definition) is 0. The molecule has 0 amide bonds. The second-order valence-electron chi connectivity index (χ2n) is 1.04. The van der Waals surface area contributed by atoms with Gasteiger partial charge >= 0.3 is 0 Å². The quantitative estimate of drug-likeness (QED) is 0.399. The predicted molar refractivity (Wildman–Crippen MR) is 32.7 cm³/mol. The minimum Gasteiger partial charge on any atom is -0.743 e. The van der Waals surface area contributed by atoms with Crippen molar-refractivity contribution in [3.8, 4) is 0 Å². The maximum Gasteiger partial charge on any atom is 0.0822 e. The highest BCUT2D eigenvalue weighted by Crippen LogP contribution is 1.89. The minimum absolute atomic E-state index is 0.586. The Kier molecular flexibility index (Phi) is 3.80. The molecule has 7 heavy (non-hydrogen) atoms. The Labute approximate surface area is 49.8 Å². The van der Waals surface area contributed by atoms with Gasteiger partial charge in [-0.25, -0.2) is 0 Å². The van der Waals surface area contributed by atoms with Gasteiger partial charge in [0.25, 0.3) is 0 Å². The zero-order chi connectivity index (χ0) is 5.70. The third-order valence-corrected chi connectivity index (χ3v) is 0.876. The van der Waals surface area contributed by atoms with Crippen LogP contribution in [0.1, 0.15) is 13.8 Å². The Bertz CT molecular complexity index is 68.5. The van der Waals surface area contributed by atoms with Crippen LogP contribution in [0.3, 0.4) is 0 Å². The zero-order valence-electron chi connectivity index (χ0n) is 4.60. The van der Waals surface area contributed by atoms with Crippen molar-refractivity contribution in [1.29, 1.82) is 0 Å². The normalized spacial score (nSPS) is 11.4. The van der Waals surface area contributed by atoms with Crippen molar-refractivity contribution < 1.29 is 4.74 Å². The molecule has 0 unspecified atom stereocenters. The molecular weight excluding hydrogens is 108 g/mol. The van der Waals surface area contributed by atoms with Gasteiger partial charge in [-0.1, -0.05) is 6.08 Å². The number of ether oxygens (including phenoxy) is 1. The molecule has 0 aliphatic heterocycles. The monoisotopic (exact) mass is 117 g/mol. The maximum atomic E-state index is 4.87. The van der Waals surface area contributed by atoms with E-state index in [1.54, 1.807) is 6.08 Å². The third kappa shape index (κ3) is 3.59. The van der Waals surface area contributed by atoms with Crippen molar-refractivity contribution in [2.45, 2.75) is 13.8 Å². The number of rotatable bonds is 2. The lowest BCUT2D eigenvalue weighted by Crippen LogP contribution is -1.84. The van der Waals surface area contributed by atoms with Gasteiger partial charge in [0.15, 0.2) is 0 Å². The first-order valence-electron chi connectivity index (χ1n) is 2.27. The van der Waals surface area contributed by atoms with Gasteiger partial charge in [0.05, 0.1) is 6.61 Å². The van der Waals surface area contributed by atoms with Gasteiger partial charge in [-0.3, -0.25) is 0 Å². The maximum absolute atomic E-state index is 4.87.